The van der Waals surface area contributed by atoms with Crippen LogP contribution in [0.4, 0.5) is 16.4 Å². The van der Waals surface area contributed by atoms with Gasteiger partial charge in [-0.1, -0.05) is 37.3 Å². The Balaban J connectivity index is 1.73. The smallest absolute Gasteiger partial charge is 0.408 e. The minimum Gasteiger partial charge on any atom is -0.444 e. The monoisotopic (exact) mass is 614 g/mol. The molecule has 13 heteroatoms. The highest BCUT2D eigenvalue weighted by atomic mass is 32.2. The fourth-order valence-electron chi connectivity index (χ4n) is 4.75. The van der Waals surface area contributed by atoms with Gasteiger partial charge in [0.1, 0.15) is 22.8 Å². The number of aromatic nitrogens is 3. The fourth-order valence-corrected chi connectivity index (χ4v) is 5.23. The van der Waals surface area contributed by atoms with Crippen molar-refractivity contribution in [3.05, 3.63) is 53.9 Å². The van der Waals surface area contributed by atoms with E-state index in [1.807, 2.05) is 30.3 Å². The van der Waals surface area contributed by atoms with E-state index in [1.165, 1.54) is 0 Å². The van der Waals surface area contributed by atoms with Gasteiger partial charge in [-0.15, -0.1) is 10.2 Å². The Morgan fingerprint density at radius 2 is 1.84 bits per heavy atom. The summed E-state index contributed by atoms with van der Waals surface area (Å²) < 4.78 is 43.9. The zero-order valence-corrected chi connectivity index (χ0v) is 26.7. The van der Waals surface area contributed by atoms with Crippen molar-refractivity contribution in [2.75, 3.05) is 42.7 Å². The third-order valence-electron chi connectivity index (χ3n) is 7.04. The van der Waals surface area contributed by atoms with Gasteiger partial charge in [0.2, 0.25) is 21.8 Å². The number of hydrogen-bond donors (Lipinski definition) is 2. The molecule has 1 aliphatic rings. The Morgan fingerprint density at radius 1 is 1.14 bits per heavy atom. The van der Waals surface area contributed by atoms with Crippen molar-refractivity contribution >= 4 is 27.8 Å². The number of amides is 1. The molecule has 1 amide bonds. The molecule has 1 fully saturated rings. The first-order valence-corrected chi connectivity index (χ1v) is 16.2. The molecule has 43 heavy (non-hydrogen) atoms. The molecule has 234 valence electrons. The van der Waals surface area contributed by atoms with Gasteiger partial charge in [-0.3, -0.25) is 4.72 Å². The van der Waals surface area contributed by atoms with Gasteiger partial charge in [0.25, 0.3) is 0 Å². The summed E-state index contributed by atoms with van der Waals surface area (Å²) in [6.07, 6.45) is 1.91. The summed E-state index contributed by atoms with van der Waals surface area (Å²) in [5, 5.41) is 11.6. The number of carbonyl (C=O) groups excluding carboxylic acids is 1. The van der Waals surface area contributed by atoms with Gasteiger partial charge >= 0.3 is 6.09 Å². The number of nitrogens with one attached hydrogen (secondary N) is 2. The van der Waals surface area contributed by atoms with Gasteiger partial charge in [-0.25, -0.2) is 18.2 Å². The minimum atomic E-state index is -3.62. The lowest BCUT2D eigenvalue weighted by molar-refractivity contribution is 0.0443. The SMILES string of the molecule is COCCN(CC1CC1C)c1cc(-c2nnc([C@@](C)(Cc3ccccc3)NC(=O)OC(C)(C)C)o2)cc(NS(C)(=O)=O)n1. The third kappa shape index (κ3) is 9.39. The fraction of sp³-hybridized carbons (Fsp3) is 0.533. The van der Waals surface area contributed by atoms with Gasteiger partial charge in [0.05, 0.1) is 12.9 Å². The van der Waals surface area contributed by atoms with Crippen molar-refractivity contribution < 1.29 is 27.1 Å². The molecule has 1 aromatic carbocycles. The highest BCUT2D eigenvalue weighted by Gasteiger charge is 2.37. The van der Waals surface area contributed by atoms with Crippen LogP contribution in [0.25, 0.3) is 11.5 Å². The number of alkyl carbamates (subject to hydrolysis) is 1. The molecule has 0 saturated heterocycles. The van der Waals surface area contributed by atoms with Crippen molar-refractivity contribution in [2.24, 2.45) is 11.8 Å². The molecule has 0 aliphatic heterocycles. The van der Waals surface area contributed by atoms with Crippen LogP contribution in [-0.2, 0) is 31.5 Å². The first-order valence-electron chi connectivity index (χ1n) is 14.3. The summed E-state index contributed by atoms with van der Waals surface area (Å²) in [5.41, 5.74) is -0.415. The van der Waals surface area contributed by atoms with Crippen molar-refractivity contribution in [2.45, 2.75) is 58.6 Å². The summed E-state index contributed by atoms with van der Waals surface area (Å²) in [4.78, 5) is 19.6. The van der Waals surface area contributed by atoms with Crippen LogP contribution in [0.1, 0.15) is 52.5 Å². The summed E-state index contributed by atoms with van der Waals surface area (Å²) in [5.74, 6) is 2.11. The zero-order chi connectivity index (χ0) is 31.4. The molecule has 3 atom stereocenters. The second-order valence-corrected chi connectivity index (χ2v) is 14.2. The van der Waals surface area contributed by atoms with Crippen LogP contribution < -0.4 is 14.9 Å². The molecule has 0 bridgehead atoms. The predicted molar refractivity (Wildman–Crippen MR) is 164 cm³/mol. The predicted octanol–water partition coefficient (Wildman–Crippen LogP) is 4.59. The summed E-state index contributed by atoms with van der Waals surface area (Å²) >= 11 is 0. The number of pyridine rings is 1. The van der Waals surface area contributed by atoms with Crippen LogP contribution in [0.15, 0.2) is 46.9 Å². The second kappa shape index (κ2) is 12.9. The van der Waals surface area contributed by atoms with E-state index in [1.54, 1.807) is 46.9 Å². The molecule has 2 heterocycles. The number of ether oxygens (including phenoxy) is 2. The van der Waals surface area contributed by atoms with Gasteiger partial charge in [0, 0.05) is 32.2 Å². The van der Waals surface area contributed by atoms with Gasteiger partial charge in [0.15, 0.2) is 0 Å². The van der Waals surface area contributed by atoms with Crippen LogP contribution in [0.5, 0.6) is 0 Å². The Morgan fingerprint density at radius 3 is 2.44 bits per heavy atom. The van der Waals surface area contributed by atoms with Crippen LogP contribution >= 0.6 is 0 Å². The van der Waals surface area contributed by atoms with Gasteiger partial charge in [-0.2, -0.15) is 0 Å². The lowest BCUT2D eigenvalue weighted by Gasteiger charge is -2.29. The maximum absolute atomic E-state index is 12.9. The van der Waals surface area contributed by atoms with Gasteiger partial charge < -0.3 is 24.1 Å². The van der Waals surface area contributed by atoms with E-state index < -0.39 is 27.3 Å². The molecule has 0 spiro atoms. The summed E-state index contributed by atoms with van der Waals surface area (Å²) in [6, 6.07) is 13.0. The summed E-state index contributed by atoms with van der Waals surface area (Å²) in [7, 11) is -1.98. The topological polar surface area (TPSA) is 149 Å². The van der Waals surface area contributed by atoms with E-state index in [0.717, 1.165) is 24.8 Å². The number of benzene rings is 1. The van der Waals surface area contributed by atoms with E-state index in [2.05, 4.69) is 37.0 Å². The second-order valence-electron chi connectivity index (χ2n) is 12.4. The zero-order valence-electron chi connectivity index (χ0n) is 25.9. The Kier molecular flexibility index (Phi) is 9.65. The molecule has 3 aromatic rings. The van der Waals surface area contributed by atoms with E-state index in [4.69, 9.17) is 13.9 Å². The number of hydrogen-bond acceptors (Lipinski definition) is 10. The van der Waals surface area contributed by atoms with Crippen molar-refractivity contribution in [1.82, 2.24) is 20.5 Å². The van der Waals surface area contributed by atoms with Crippen LogP contribution in [0, 0.1) is 11.8 Å². The summed E-state index contributed by atoms with van der Waals surface area (Å²) in [6.45, 7) is 11.2. The Hall–Kier alpha value is -3.71. The Bertz CT molecular complexity index is 1510. The minimum absolute atomic E-state index is 0.125. The number of anilines is 2. The Labute approximate surface area is 253 Å². The van der Waals surface area contributed by atoms with Crippen molar-refractivity contribution in [3.8, 4) is 11.5 Å². The molecular weight excluding hydrogens is 572 g/mol. The number of methoxy groups -OCH3 is 1. The molecule has 2 aromatic heterocycles. The number of rotatable bonds is 13. The molecule has 4 rings (SSSR count). The molecule has 1 aliphatic carbocycles. The van der Waals surface area contributed by atoms with Crippen LogP contribution in [-0.4, -0.2) is 68.4 Å². The van der Waals surface area contributed by atoms with Crippen molar-refractivity contribution in [3.63, 3.8) is 0 Å². The van der Waals surface area contributed by atoms with Crippen LogP contribution in [0.3, 0.4) is 0 Å². The lowest BCUT2D eigenvalue weighted by Crippen LogP contribution is -2.47. The largest absolute Gasteiger partial charge is 0.444 e. The van der Waals surface area contributed by atoms with E-state index in [-0.39, 0.29) is 17.6 Å². The number of nitrogens with zero attached hydrogens (tertiary/aromatic N) is 4. The van der Waals surface area contributed by atoms with Gasteiger partial charge in [-0.05, 0) is 63.6 Å². The molecule has 2 unspecified atom stereocenters. The average molecular weight is 615 g/mol. The number of sulfonamides is 1. The standard InChI is InChI=1S/C30H42N6O6S/c1-20-15-23(20)19-36(13-14-40-6)25-17-22(16-24(31-25)35-43(7,38)39)26-33-34-27(41-26)30(5,18-21-11-9-8-10-12-21)32-28(37)42-29(2,3)4/h8-12,16-17,20,23H,13-15,18-19H2,1-7H3,(H,31,35)(H,32,37)/t20?,23?,30-/m1/s1. The number of carbonyl (C=O) groups is 1. The first-order chi connectivity index (χ1) is 20.1. The van der Waals surface area contributed by atoms with E-state index in [0.29, 0.717) is 42.8 Å². The van der Waals surface area contributed by atoms with E-state index >= 15 is 0 Å². The molecular formula is C30H42N6O6S. The molecule has 0 radical (unpaired) electrons. The first kappa shape index (κ1) is 32.2. The maximum Gasteiger partial charge on any atom is 0.408 e. The third-order valence-corrected chi connectivity index (χ3v) is 7.62. The lowest BCUT2D eigenvalue weighted by atomic mass is 9.92. The molecule has 1 saturated carbocycles. The highest BCUT2D eigenvalue weighted by Crippen LogP contribution is 2.39. The van der Waals surface area contributed by atoms with Crippen LogP contribution in [0.2, 0.25) is 0 Å². The van der Waals surface area contributed by atoms with Crippen molar-refractivity contribution in [1.29, 1.82) is 0 Å². The molecule has 12 nitrogen and oxygen atoms in total. The average Bonchev–Trinajstić information content (AvgIpc) is 3.36. The highest BCUT2D eigenvalue weighted by molar-refractivity contribution is 7.92. The van der Waals surface area contributed by atoms with E-state index in [9.17, 15) is 13.2 Å². The maximum atomic E-state index is 12.9. The quantitative estimate of drug-likeness (QED) is 0.280. The normalized spacial score (nSPS) is 18.0. The molecule has 2 N–H and O–H groups in total.